The van der Waals surface area contributed by atoms with Crippen LogP contribution in [0.25, 0.3) is 0 Å². The van der Waals surface area contributed by atoms with Gasteiger partial charge in [-0.25, -0.2) is 0 Å². The van der Waals surface area contributed by atoms with Crippen LogP contribution in [0.2, 0.25) is 0 Å². The smallest absolute Gasteiger partial charge is 0.0659 e. The van der Waals surface area contributed by atoms with Gasteiger partial charge >= 0.3 is 0 Å². The summed E-state index contributed by atoms with van der Waals surface area (Å²) in [7, 11) is 0. The van der Waals surface area contributed by atoms with Crippen LogP contribution in [0.1, 0.15) is 52.9 Å². The first-order valence-corrected chi connectivity index (χ1v) is 6.43. The van der Waals surface area contributed by atoms with E-state index in [0.717, 1.165) is 12.3 Å². The molecule has 15 heavy (non-hydrogen) atoms. The van der Waals surface area contributed by atoms with Gasteiger partial charge in [-0.3, -0.25) is 0 Å². The summed E-state index contributed by atoms with van der Waals surface area (Å²) in [6.45, 7) is 6.80. The summed E-state index contributed by atoms with van der Waals surface area (Å²) in [5.74, 6) is 0.742. The Morgan fingerprint density at radius 3 is 2.40 bits per heavy atom. The lowest BCUT2D eigenvalue weighted by Crippen LogP contribution is -2.60. The monoisotopic (exact) mass is 211 g/mol. The summed E-state index contributed by atoms with van der Waals surface area (Å²) in [5, 5.41) is 0. The van der Waals surface area contributed by atoms with Crippen LogP contribution in [0.15, 0.2) is 0 Å². The first kappa shape index (κ1) is 11.4. The van der Waals surface area contributed by atoms with Gasteiger partial charge in [0.25, 0.3) is 0 Å². The minimum atomic E-state index is 0.192. The highest BCUT2D eigenvalue weighted by Gasteiger charge is 2.48. The van der Waals surface area contributed by atoms with E-state index in [-0.39, 0.29) is 5.41 Å². The molecule has 2 heteroatoms. The molecule has 2 nitrogen and oxygen atoms in total. The Hall–Kier alpha value is -0.0800. The molecule has 0 saturated heterocycles. The highest BCUT2D eigenvalue weighted by Crippen LogP contribution is 2.43. The van der Waals surface area contributed by atoms with Crippen LogP contribution in [0.4, 0.5) is 0 Å². The van der Waals surface area contributed by atoms with E-state index in [2.05, 4.69) is 20.8 Å². The van der Waals surface area contributed by atoms with Gasteiger partial charge < -0.3 is 10.5 Å². The summed E-state index contributed by atoms with van der Waals surface area (Å²) in [6.07, 6.45) is 7.26. The second-order valence-corrected chi connectivity index (χ2v) is 6.09. The number of ether oxygens (including phenoxy) is 1. The fourth-order valence-corrected chi connectivity index (χ4v) is 2.84. The molecule has 2 aliphatic rings. The van der Waals surface area contributed by atoms with Gasteiger partial charge in [0.15, 0.2) is 0 Å². The Morgan fingerprint density at radius 2 is 1.87 bits per heavy atom. The molecule has 4 unspecified atom stereocenters. The van der Waals surface area contributed by atoms with Crippen LogP contribution in [0.3, 0.4) is 0 Å². The fourth-order valence-electron chi connectivity index (χ4n) is 2.84. The Bertz CT molecular complexity index is 225. The number of hydrogen-bond donors (Lipinski definition) is 1. The van der Waals surface area contributed by atoms with Crippen molar-refractivity contribution in [2.75, 3.05) is 0 Å². The van der Waals surface area contributed by atoms with Gasteiger partial charge in [-0.1, -0.05) is 33.6 Å². The maximum atomic E-state index is 6.25. The van der Waals surface area contributed by atoms with Crippen molar-refractivity contribution >= 4 is 0 Å². The second kappa shape index (κ2) is 4.06. The SMILES string of the molecule is CC1CCCCC1OC1CC(N)C1(C)C. The number of hydrogen-bond acceptors (Lipinski definition) is 2. The molecule has 0 radical (unpaired) electrons. The van der Waals surface area contributed by atoms with Crippen molar-refractivity contribution in [1.29, 1.82) is 0 Å². The minimum absolute atomic E-state index is 0.192. The van der Waals surface area contributed by atoms with E-state index in [0.29, 0.717) is 18.2 Å². The largest absolute Gasteiger partial charge is 0.374 e. The Morgan fingerprint density at radius 1 is 1.20 bits per heavy atom. The van der Waals surface area contributed by atoms with E-state index in [4.69, 9.17) is 10.5 Å². The Labute approximate surface area is 93.6 Å². The minimum Gasteiger partial charge on any atom is -0.374 e. The molecule has 0 aromatic heterocycles. The third-order valence-electron chi connectivity index (χ3n) is 4.63. The predicted octanol–water partition coefficient (Wildman–Crippen LogP) is 2.71. The van der Waals surface area contributed by atoms with Crippen molar-refractivity contribution in [3.63, 3.8) is 0 Å². The molecule has 2 fully saturated rings. The zero-order valence-electron chi connectivity index (χ0n) is 10.3. The Kier molecular flexibility index (Phi) is 3.09. The molecule has 2 rings (SSSR count). The lowest BCUT2D eigenvalue weighted by Gasteiger charge is -2.51. The highest BCUT2D eigenvalue weighted by atomic mass is 16.5. The molecule has 2 saturated carbocycles. The van der Waals surface area contributed by atoms with Gasteiger partial charge in [0.05, 0.1) is 12.2 Å². The average Bonchev–Trinajstić information content (AvgIpc) is 2.20. The van der Waals surface area contributed by atoms with Gasteiger partial charge in [0, 0.05) is 11.5 Å². The third-order valence-corrected chi connectivity index (χ3v) is 4.63. The molecule has 0 heterocycles. The molecule has 0 aliphatic heterocycles. The summed E-state index contributed by atoms with van der Waals surface area (Å²) in [4.78, 5) is 0. The summed E-state index contributed by atoms with van der Waals surface area (Å²) < 4.78 is 6.25. The Balaban J connectivity index is 1.87. The van der Waals surface area contributed by atoms with Crippen molar-refractivity contribution in [2.45, 2.75) is 71.1 Å². The quantitative estimate of drug-likeness (QED) is 0.762. The standard InChI is InChI=1S/C13H25NO/c1-9-6-4-5-7-10(9)15-12-8-11(14)13(12,2)3/h9-12H,4-8,14H2,1-3H3. The molecule has 0 amide bonds. The van der Waals surface area contributed by atoms with Gasteiger partial charge in [-0.15, -0.1) is 0 Å². The van der Waals surface area contributed by atoms with E-state index in [9.17, 15) is 0 Å². The summed E-state index contributed by atoms with van der Waals surface area (Å²) in [6, 6.07) is 0.335. The highest BCUT2D eigenvalue weighted by molar-refractivity contribution is 5.01. The maximum absolute atomic E-state index is 6.25. The van der Waals surface area contributed by atoms with E-state index >= 15 is 0 Å². The zero-order chi connectivity index (χ0) is 11.1. The number of nitrogens with two attached hydrogens (primary N) is 1. The van der Waals surface area contributed by atoms with E-state index in [1.807, 2.05) is 0 Å². The van der Waals surface area contributed by atoms with Gasteiger partial charge in [-0.2, -0.15) is 0 Å². The summed E-state index contributed by atoms with van der Waals surface area (Å²) >= 11 is 0. The lowest BCUT2D eigenvalue weighted by atomic mass is 9.65. The van der Waals surface area contributed by atoms with E-state index < -0.39 is 0 Å². The number of rotatable bonds is 2. The normalized spacial score (nSPS) is 44.8. The molecule has 4 atom stereocenters. The van der Waals surface area contributed by atoms with E-state index in [1.54, 1.807) is 0 Å². The van der Waals surface area contributed by atoms with E-state index in [1.165, 1.54) is 25.7 Å². The van der Waals surface area contributed by atoms with Crippen molar-refractivity contribution in [3.05, 3.63) is 0 Å². The van der Waals surface area contributed by atoms with Crippen molar-refractivity contribution in [2.24, 2.45) is 17.1 Å². The molecule has 0 aromatic carbocycles. The van der Waals surface area contributed by atoms with Gasteiger partial charge in [0.1, 0.15) is 0 Å². The molecule has 0 aromatic rings. The molecule has 0 spiro atoms. The molecule has 88 valence electrons. The average molecular weight is 211 g/mol. The van der Waals surface area contributed by atoms with Crippen LogP contribution in [0.5, 0.6) is 0 Å². The van der Waals surface area contributed by atoms with Crippen molar-refractivity contribution < 1.29 is 4.74 Å². The first-order valence-electron chi connectivity index (χ1n) is 6.43. The second-order valence-electron chi connectivity index (χ2n) is 6.09. The van der Waals surface area contributed by atoms with Crippen LogP contribution in [0, 0.1) is 11.3 Å². The van der Waals surface area contributed by atoms with Crippen LogP contribution >= 0.6 is 0 Å². The van der Waals surface area contributed by atoms with Crippen LogP contribution < -0.4 is 5.73 Å². The van der Waals surface area contributed by atoms with Gasteiger partial charge in [-0.05, 0) is 25.2 Å². The molecular formula is C13H25NO. The van der Waals surface area contributed by atoms with Crippen molar-refractivity contribution in [1.82, 2.24) is 0 Å². The maximum Gasteiger partial charge on any atom is 0.0659 e. The third kappa shape index (κ3) is 2.07. The topological polar surface area (TPSA) is 35.2 Å². The first-order chi connectivity index (χ1) is 7.01. The zero-order valence-corrected chi connectivity index (χ0v) is 10.3. The lowest BCUT2D eigenvalue weighted by molar-refractivity contribution is -0.158. The molecule has 2 N–H and O–H groups in total. The molecular weight excluding hydrogens is 186 g/mol. The fraction of sp³-hybridized carbons (Fsp3) is 1.00. The van der Waals surface area contributed by atoms with Gasteiger partial charge in [0.2, 0.25) is 0 Å². The van der Waals surface area contributed by atoms with Crippen LogP contribution in [-0.4, -0.2) is 18.2 Å². The van der Waals surface area contributed by atoms with Crippen LogP contribution in [-0.2, 0) is 4.74 Å². The molecule has 2 aliphatic carbocycles. The van der Waals surface area contributed by atoms with Crippen molar-refractivity contribution in [3.8, 4) is 0 Å². The molecule has 0 bridgehead atoms. The predicted molar refractivity (Wildman–Crippen MR) is 62.7 cm³/mol. The summed E-state index contributed by atoms with van der Waals surface area (Å²) in [5.41, 5.74) is 6.20.